The molecule has 0 radical (unpaired) electrons. The van der Waals surface area contributed by atoms with Crippen LogP contribution in [0.3, 0.4) is 0 Å². The summed E-state index contributed by atoms with van der Waals surface area (Å²) in [6, 6.07) is 0. The Hall–Kier alpha value is -0.370. The summed E-state index contributed by atoms with van der Waals surface area (Å²) < 4.78 is 5.59. The summed E-state index contributed by atoms with van der Waals surface area (Å²) in [6.45, 7) is 8.02. The number of Topliss-reactive ketones (excluding diaryl/α,β-unsaturated/α-hetero) is 1. The molecule has 0 N–H and O–H groups in total. The largest absolute Gasteiger partial charge is 0.376 e. The van der Waals surface area contributed by atoms with Gasteiger partial charge in [0.2, 0.25) is 0 Å². The summed E-state index contributed by atoms with van der Waals surface area (Å²) in [5.74, 6) is 0.873. The minimum atomic E-state index is 0.185. The minimum absolute atomic E-state index is 0.185. The highest BCUT2D eigenvalue weighted by Crippen LogP contribution is 2.33. The first-order valence-corrected chi connectivity index (χ1v) is 5.20. The summed E-state index contributed by atoms with van der Waals surface area (Å²) in [5.41, 5.74) is 0. The lowest BCUT2D eigenvalue weighted by Crippen LogP contribution is -2.39. The number of hydrogen-bond donors (Lipinski definition) is 0. The SMILES string of the molecule is CC(C)OC1CC(C(=O)C(C)C)C1. The molecule has 1 aliphatic rings. The summed E-state index contributed by atoms with van der Waals surface area (Å²) in [7, 11) is 0. The molecule has 0 atom stereocenters. The molecule has 0 saturated heterocycles. The molecule has 0 aromatic carbocycles. The van der Waals surface area contributed by atoms with Gasteiger partial charge in [0.1, 0.15) is 5.78 Å². The Kier molecular flexibility index (Phi) is 3.48. The fourth-order valence-corrected chi connectivity index (χ4v) is 1.77. The van der Waals surface area contributed by atoms with Crippen molar-refractivity contribution in [2.24, 2.45) is 11.8 Å². The van der Waals surface area contributed by atoms with Gasteiger partial charge in [0.05, 0.1) is 12.2 Å². The van der Waals surface area contributed by atoms with Crippen molar-refractivity contribution in [1.29, 1.82) is 0 Å². The molecular formula is C11H20O2. The van der Waals surface area contributed by atoms with Crippen LogP contribution in [-0.4, -0.2) is 18.0 Å². The lowest BCUT2D eigenvalue weighted by atomic mass is 9.76. The first kappa shape index (κ1) is 10.7. The van der Waals surface area contributed by atoms with Crippen molar-refractivity contribution in [3.8, 4) is 0 Å². The summed E-state index contributed by atoms with van der Waals surface area (Å²) in [4.78, 5) is 11.5. The standard InChI is InChI=1S/C11H20O2/c1-7(2)11(12)9-5-10(6-9)13-8(3)4/h7-10H,5-6H2,1-4H3. The van der Waals surface area contributed by atoms with E-state index in [1.807, 2.05) is 27.7 Å². The quantitative estimate of drug-likeness (QED) is 0.670. The fraction of sp³-hybridized carbons (Fsp3) is 0.909. The second-order valence-corrected chi connectivity index (χ2v) is 4.53. The van der Waals surface area contributed by atoms with Crippen LogP contribution in [-0.2, 0) is 9.53 Å². The van der Waals surface area contributed by atoms with E-state index in [2.05, 4.69) is 0 Å². The van der Waals surface area contributed by atoms with Crippen LogP contribution < -0.4 is 0 Å². The number of rotatable bonds is 4. The van der Waals surface area contributed by atoms with Crippen molar-refractivity contribution in [1.82, 2.24) is 0 Å². The van der Waals surface area contributed by atoms with Crippen LogP contribution >= 0.6 is 0 Å². The van der Waals surface area contributed by atoms with Crippen molar-refractivity contribution < 1.29 is 9.53 Å². The molecule has 0 heterocycles. The average Bonchev–Trinajstić information content (AvgIpc) is 1.94. The van der Waals surface area contributed by atoms with Gasteiger partial charge in [-0.05, 0) is 26.7 Å². The van der Waals surface area contributed by atoms with Gasteiger partial charge < -0.3 is 4.74 Å². The number of carbonyl (C=O) groups excluding carboxylic acids is 1. The molecule has 0 aromatic rings. The van der Waals surface area contributed by atoms with Gasteiger partial charge in [-0.2, -0.15) is 0 Å². The topological polar surface area (TPSA) is 26.3 Å². The van der Waals surface area contributed by atoms with Crippen molar-refractivity contribution in [2.75, 3.05) is 0 Å². The molecule has 1 saturated carbocycles. The summed E-state index contributed by atoms with van der Waals surface area (Å²) in [5, 5.41) is 0. The van der Waals surface area contributed by atoms with Gasteiger partial charge in [-0.1, -0.05) is 13.8 Å². The van der Waals surface area contributed by atoms with Crippen LogP contribution in [0.1, 0.15) is 40.5 Å². The smallest absolute Gasteiger partial charge is 0.138 e. The second-order valence-electron chi connectivity index (χ2n) is 4.53. The number of hydrogen-bond acceptors (Lipinski definition) is 2. The fourth-order valence-electron chi connectivity index (χ4n) is 1.77. The molecule has 1 rings (SSSR count). The number of ketones is 1. The molecule has 0 spiro atoms. The molecule has 2 nitrogen and oxygen atoms in total. The average molecular weight is 184 g/mol. The lowest BCUT2D eigenvalue weighted by Gasteiger charge is -2.36. The van der Waals surface area contributed by atoms with E-state index in [9.17, 15) is 4.79 Å². The Labute approximate surface area is 80.7 Å². The van der Waals surface area contributed by atoms with Crippen LogP contribution in [0.5, 0.6) is 0 Å². The summed E-state index contributed by atoms with van der Waals surface area (Å²) in [6.07, 6.45) is 2.51. The van der Waals surface area contributed by atoms with Crippen molar-refractivity contribution >= 4 is 5.78 Å². The van der Waals surface area contributed by atoms with Gasteiger partial charge in [0, 0.05) is 11.8 Å². The Morgan fingerprint density at radius 2 is 1.77 bits per heavy atom. The second kappa shape index (κ2) is 4.23. The van der Waals surface area contributed by atoms with E-state index in [1.165, 1.54) is 0 Å². The van der Waals surface area contributed by atoms with Gasteiger partial charge in [-0.15, -0.1) is 0 Å². The van der Waals surface area contributed by atoms with Crippen LogP contribution in [0.15, 0.2) is 0 Å². The zero-order chi connectivity index (χ0) is 10.0. The molecule has 1 aliphatic carbocycles. The third-order valence-corrected chi connectivity index (χ3v) is 2.53. The Morgan fingerprint density at radius 3 is 2.15 bits per heavy atom. The Balaban J connectivity index is 2.22. The summed E-state index contributed by atoms with van der Waals surface area (Å²) >= 11 is 0. The van der Waals surface area contributed by atoms with Crippen LogP contribution in [0, 0.1) is 11.8 Å². The zero-order valence-corrected chi connectivity index (χ0v) is 9.04. The van der Waals surface area contributed by atoms with Crippen LogP contribution in [0.4, 0.5) is 0 Å². The molecule has 76 valence electrons. The molecule has 0 aliphatic heterocycles. The maximum absolute atomic E-state index is 11.5. The van der Waals surface area contributed by atoms with E-state index in [0.29, 0.717) is 18.0 Å². The molecule has 0 bridgehead atoms. The zero-order valence-electron chi connectivity index (χ0n) is 9.04. The van der Waals surface area contributed by atoms with E-state index in [-0.39, 0.29) is 11.8 Å². The van der Waals surface area contributed by atoms with Gasteiger partial charge in [-0.3, -0.25) is 4.79 Å². The predicted octanol–water partition coefficient (Wildman–Crippen LogP) is 2.42. The maximum Gasteiger partial charge on any atom is 0.138 e. The van der Waals surface area contributed by atoms with E-state index >= 15 is 0 Å². The molecular weight excluding hydrogens is 164 g/mol. The first-order chi connectivity index (χ1) is 6.00. The Morgan fingerprint density at radius 1 is 1.23 bits per heavy atom. The van der Waals surface area contributed by atoms with E-state index in [1.54, 1.807) is 0 Å². The van der Waals surface area contributed by atoms with Gasteiger partial charge in [0.25, 0.3) is 0 Å². The van der Waals surface area contributed by atoms with Gasteiger partial charge >= 0.3 is 0 Å². The highest BCUT2D eigenvalue weighted by atomic mass is 16.5. The van der Waals surface area contributed by atoms with Crippen molar-refractivity contribution in [3.05, 3.63) is 0 Å². The molecule has 0 aromatic heterocycles. The first-order valence-electron chi connectivity index (χ1n) is 5.20. The number of carbonyl (C=O) groups is 1. The monoisotopic (exact) mass is 184 g/mol. The predicted molar refractivity (Wildman–Crippen MR) is 52.6 cm³/mol. The van der Waals surface area contributed by atoms with Crippen LogP contribution in [0.25, 0.3) is 0 Å². The Bertz CT molecular complexity index is 179. The molecule has 1 fully saturated rings. The van der Waals surface area contributed by atoms with Crippen LogP contribution in [0.2, 0.25) is 0 Å². The van der Waals surface area contributed by atoms with Crippen molar-refractivity contribution in [2.45, 2.75) is 52.7 Å². The van der Waals surface area contributed by atoms with E-state index in [4.69, 9.17) is 4.74 Å². The molecule has 0 unspecified atom stereocenters. The third kappa shape index (κ3) is 2.80. The van der Waals surface area contributed by atoms with E-state index < -0.39 is 0 Å². The van der Waals surface area contributed by atoms with E-state index in [0.717, 1.165) is 12.8 Å². The molecule has 2 heteroatoms. The minimum Gasteiger partial charge on any atom is -0.376 e. The normalized spacial score (nSPS) is 27.8. The van der Waals surface area contributed by atoms with Gasteiger partial charge in [-0.25, -0.2) is 0 Å². The lowest BCUT2D eigenvalue weighted by molar-refractivity contribution is -0.137. The highest BCUT2D eigenvalue weighted by molar-refractivity contribution is 5.83. The third-order valence-electron chi connectivity index (χ3n) is 2.53. The molecule has 0 amide bonds. The number of ether oxygens (including phenoxy) is 1. The van der Waals surface area contributed by atoms with Gasteiger partial charge in [0.15, 0.2) is 0 Å². The van der Waals surface area contributed by atoms with Crippen molar-refractivity contribution in [3.63, 3.8) is 0 Å². The highest BCUT2D eigenvalue weighted by Gasteiger charge is 2.36. The maximum atomic E-state index is 11.5. The molecule has 13 heavy (non-hydrogen) atoms.